The Bertz CT molecular complexity index is 338. The number of rotatable bonds is 2. The van der Waals surface area contributed by atoms with Crippen LogP contribution in [0.3, 0.4) is 0 Å². The first-order chi connectivity index (χ1) is 8.84. The highest BCUT2D eigenvalue weighted by atomic mass is 33.1. The first kappa shape index (κ1) is 19.2. The van der Waals surface area contributed by atoms with Crippen LogP contribution < -0.4 is 0 Å². The lowest BCUT2D eigenvalue weighted by atomic mass is 10.7. The van der Waals surface area contributed by atoms with E-state index in [-0.39, 0.29) is 21.6 Å². The van der Waals surface area contributed by atoms with Crippen LogP contribution >= 0.6 is 21.6 Å². The zero-order chi connectivity index (χ0) is 16.1. The number of alkyl halides is 6. The monoisotopic (exact) mass is 342 g/mol. The molecule has 0 fully saturated rings. The first-order valence-electron chi connectivity index (χ1n) is 4.84. The molecule has 0 aliphatic carbocycles. The van der Waals surface area contributed by atoms with E-state index in [1.54, 1.807) is 0 Å². The fourth-order valence-corrected chi connectivity index (χ4v) is 2.66. The third kappa shape index (κ3) is 7.72. The Hall–Kier alpha value is -0.780. The molecule has 0 saturated heterocycles. The maximum atomic E-state index is 12.6. The molecule has 0 amide bonds. The molecule has 0 radical (unpaired) electrons. The predicted octanol–water partition coefficient (Wildman–Crippen LogP) is 3.24. The van der Waals surface area contributed by atoms with E-state index in [4.69, 9.17) is 0 Å². The predicted molar refractivity (Wildman–Crippen MR) is 69.5 cm³/mol. The van der Waals surface area contributed by atoms with Crippen molar-refractivity contribution >= 4 is 31.7 Å². The summed E-state index contributed by atoms with van der Waals surface area (Å²) in [5.74, 6) is 0. The summed E-state index contributed by atoms with van der Waals surface area (Å²) in [4.78, 5) is 0. The van der Waals surface area contributed by atoms with Gasteiger partial charge in [0.2, 0.25) is 10.1 Å². The van der Waals surface area contributed by atoms with Gasteiger partial charge in [-0.15, -0.1) is 0 Å². The molecule has 0 N–H and O–H groups in total. The van der Waals surface area contributed by atoms with Crippen LogP contribution in [0.15, 0.2) is 10.2 Å². The number of hydrazone groups is 2. The molecule has 0 unspecified atom stereocenters. The number of halogens is 6. The van der Waals surface area contributed by atoms with Gasteiger partial charge in [0.15, 0.2) is 0 Å². The molecule has 0 rings (SSSR count). The van der Waals surface area contributed by atoms with Gasteiger partial charge in [0.05, 0.1) is 0 Å². The molecule has 118 valence electrons. The Balaban J connectivity index is 5.09. The summed E-state index contributed by atoms with van der Waals surface area (Å²) in [5, 5.41) is 5.13. The largest absolute Gasteiger partial charge is 0.442 e. The molecule has 0 aromatic rings. The summed E-state index contributed by atoms with van der Waals surface area (Å²) in [6, 6.07) is 0. The van der Waals surface area contributed by atoms with Crippen molar-refractivity contribution in [3.63, 3.8) is 0 Å². The molecular weight excluding hydrogens is 330 g/mol. The maximum absolute atomic E-state index is 12.6. The Labute approximate surface area is 119 Å². The van der Waals surface area contributed by atoms with Gasteiger partial charge in [-0.25, -0.2) is 0 Å². The summed E-state index contributed by atoms with van der Waals surface area (Å²) in [5.41, 5.74) is 0. The van der Waals surface area contributed by atoms with Crippen molar-refractivity contribution in [1.29, 1.82) is 0 Å². The van der Waals surface area contributed by atoms with Gasteiger partial charge in [0, 0.05) is 28.2 Å². The SMILES string of the molecule is CN(C)/N=C(\SS/C(=N\N(C)C)C(F)(F)F)C(F)(F)F. The van der Waals surface area contributed by atoms with Crippen molar-refractivity contribution in [2.75, 3.05) is 28.2 Å². The highest BCUT2D eigenvalue weighted by molar-refractivity contribution is 8.87. The minimum Gasteiger partial charge on any atom is -0.302 e. The van der Waals surface area contributed by atoms with Crippen LogP contribution in [0.2, 0.25) is 0 Å². The van der Waals surface area contributed by atoms with Crippen molar-refractivity contribution < 1.29 is 26.3 Å². The van der Waals surface area contributed by atoms with E-state index in [1.165, 1.54) is 28.2 Å². The Morgan fingerprint density at radius 2 is 0.950 bits per heavy atom. The summed E-state index contributed by atoms with van der Waals surface area (Å²) in [6.07, 6.45) is -9.67. The highest BCUT2D eigenvalue weighted by Gasteiger charge is 2.42. The van der Waals surface area contributed by atoms with Gasteiger partial charge >= 0.3 is 12.4 Å². The molecular formula is C8H12F6N4S2. The number of hydrogen-bond acceptors (Lipinski definition) is 6. The Kier molecular flexibility index (Phi) is 7.01. The van der Waals surface area contributed by atoms with Crippen molar-refractivity contribution in [3.05, 3.63) is 0 Å². The molecule has 0 saturated carbocycles. The molecule has 0 aliphatic rings. The fourth-order valence-electron chi connectivity index (χ4n) is 0.683. The molecule has 0 aliphatic heterocycles. The number of hydrogen-bond donors (Lipinski definition) is 0. The van der Waals surface area contributed by atoms with Gasteiger partial charge < -0.3 is 10.0 Å². The lowest BCUT2D eigenvalue weighted by Gasteiger charge is -2.15. The normalized spacial score (nSPS) is 14.5. The average Bonchev–Trinajstić information content (AvgIpc) is 2.17. The van der Waals surface area contributed by atoms with Crippen LogP contribution in [0.25, 0.3) is 0 Å². The highest BCUT2D eigenvalue weighted by Crippen LogP contribution is 2.38. The van der Waals surface area contributed by atoms with Crippen LogP contribution in [0, 0.1) is 0 Å². The van der Waals surface area contributed by atoms with Crippen LogP contribution in [-0.2, 0) is 0 Å². The lowest BCUT2D eigenvalue weighted by molar-refractivity contribution is -0.0575. The molecule has 0 aromatic heterocycles. The smallest absolute Gasteiger partial charge is 0.302 e. The van der Waals surface area contributed by atoms with Crippen molar-refractivity contribution in [2.24, 2.45) is 10.2 Å². The second-order valence-corrected chi connectivity index (χ2v) is 5.77. The van der Waals surface area contributed by atoms with Gasteiger partial charge in [0.1, 0.15) is 0 Å². The molecule has 0 atom stereocenters. The second-order valence-electron chi connectivity index (χ2n) is 3.67. The van der Waals surface area contributed by atoms with Gasteiger partial charge in [-0.2, -0.15) is 36.5 Å². The van der Waals surface area contributed by atoms with E-state index in [1.807, 2.05) is 0 Å². The van der Waals surface area contributed by atoms with E-state index >= 15 is 0 Å². The molecule has 0 bridgehead atoms. The van der Waals surface area contributed by atoms with Gasteiger partial charge in [-0.05, 0) is 21.6 Å². The van der Waals surface area contributed by atoms with Crippen molar-refractivity contribution in [1.82, 2.24) is 10.0 Å². The quantitative estimate of drug-likeness (QED) is 0.253. The third-order valence-corrected chi connectivity index (χ3v) is 3.49. The van der Waals surface area contributed by atoms with Crippen molar-refractivity contribution in [3.8, 4) is 0 Å². The van der Waals surface area contributed by atoms with Crippen molar-refractivity contribution in [2.45, 2.75) is 12.4 Å². The Morgan fingerprint density at radius 1 is 0.700 bits per heavy atom. The average molecular weight is 342 g/mol. The van der Waals surface area contributed by atoms with E-state index in [0.29, 0.717) is 0 Å². The van der Waals surface area contributed by atoms with Gasteiger partial charge in [0.25, 0.3) is 0 Å². The summed E-state index contributed by atoms with van der Waals surface area (Å²) < 4.78 is 75.4. The van der Waals surface area contributed by atoms with E-state index in [9.17, 15) is 26.3 Å². The van der Waals surface area contributed by atoms with Crippen LogP contribution in [0.1, 0.15) is 0 Å². The topological polar surface area (TPSA) is 31.2 Å². The third-order valence-electron chi connectivity index (χ3n) is 1.27. The molecule has 0 heterocycles. The molecule has 20 heavy (non-hydrogen) atoms. The summed E-state index contributed by atoms with van der Waals surface area (Å²) in [6.45, 7) is 0. The van der Waals surface area contributed by atoms with Gasteiger partial charge in [-0.1, -0.05) is 0 Å². The minimum atomic E-state index is -4.84. The standard InChI is InChI=1S/C8H12F6N4S2/c1-17(2)15-5(7(9,10)11)19-20-6(8(12,13)14)16-18(3)4/h1-4H3/b15-5-,16-6-. The fraction of sp³-hybridized carbons (Fsp3) is 0.750. The second kappa shape index (κ2) is 7.29. The van der Waals surface area contributed by atoms with E-state index < -0.39 is 22.4 Å². The summed E-state index contributed by atoms with van der Waals surface area (Å²) in [7, 11) is 4.64. The molecule has 4 nitrogen and oxygen atoms in total. The van der Waals surface area contributed by atoms with Crippen LogP contribution in [0.5, 0.6) is 0 Å². The molecule has 12 heteroatoms. The van der Waals surface area contributed by atoms with Gasteiger partial charge in [-0.3, -0.25) is 0 Å². The van der Waals surface area contributed by atoms with Crippen LogP contribution in [-0.4, -0.2) is 60.6 Å². The Morgan fingerprint density at radius 3 is 1.10 bits per heavy atom. The molecule has 0 spiro atoms. The maximum Gasteiger partial charge on any atom is 0.442 e. The minimum absolute atomic E-state index is 0.144. The van der Waals surface area contributed by atoms with E-state index in [2.05, 4.69) is 10.2 Å². The first-order valence-corrected chi connectivity index (χ1v) is 6.99. The van der Waals surface area contributed by atoms with E-state index in [0.717, 1.165) is 10.0 Å². The molecule has 0 aromatic carbocycles. The zero-order valence-corrected chi connectivity index (χ0v) is 12.5. The lowest BCUT2D eigenvalue weighted by Crippen LogP contribution is -2.25. The zero-order valence-electron chi connectivity index (χ0n) is 10.9. The number of nitrogens with zero attached hydrogens (tertiary/aromatic N) is 4. The van der Waals surface area contributed by atoms with Crippen LogP contribution in [0.4, 0.5) is 26.3 Å². The summed E-state index contributed by atoms with van der Waals surface area (Å²) >= 11 is 0.